The zero-order valence-electron chi connectivity index (χ0n) is 10.2. The van der Waals surface area contributed by atoms with E-state index < -0.39 is 0 Å². The summed E-state index contributed by atoms with van der Waals surface area (Å²) in [5.74, 6) is 1.01. The van der Waals surface area contributed by atoms with E-state index in [1.807, 2.05) is 13.8 Å². The lowest BCUT2D eigenvalue weighted by Gasteiger charge is -2.19. The molecule has 0 spiro atoms. The van der Waals surface area contributed by atoms with E-state index in [-0.39, 0.29) is 11.9 Å². The van der Waals surface area contributed by atoms with Gasteiger partial charge in [-0.2, -0.15) is 0 Å². The van der Waals surface area contributed by atoms with Crippen LogP contribution in [0.5, 0.6) is 0 Å². The first kappa shape index (κ1) is 11.2. The van der Waals surface area contributed by atoms with Crippen LogP contribution in [0, 0.1) is 6.92 Å². The molecule has 88 valence electrons. The number of rotatable bonds is 2. The molecule has 0 saturated carbocycles. The molecule has 0 saturated heterocycles. The Morgan fingerprint density at radius 2 is 2.12 bits per heavy atom. The molecule has 1 amide bonds. The average molecular weight is 221 g/mol. The fourth-order valence-corrected chi connectivity index (χ4v) is 2.54. The molecule has 1 atom stereocenters. The number of carbonyl (C=O) groups is 1. The van der Waals surface area contributed by atoms with Gasteiger partial charge in [-0.15, -0.1) is 0 Å². The van der Waals surface area contributed by atoms with E-state index in [2.05, 4.69) is 14.9 Å². The molecule has 0 fully saturated rings. The van der Waals surface area contributed by atoms with Gasteiger partial charge >= 0.3 is 0 Å². The molecular weight excluding hydrogens is 202 g/mol. The van der Waals surface area contributed by atoms with E-state index >= 15 is 0 Å². The molecule has 1 aliphatic carbocycles. The van der Waals surface area contributed by atoms with Crippen LogP contribution in [0.2, 0.25) is 0 Å². The van der Waals surface area contributed by atoms with E-state index in [4.69, 9.17) is 0 Å². The Morgan fingerprint density at radius 3 is 2.81 bits per heavy atom. The Kier molecular flexibility index (Phi) is 2.99. The minimum atomic E-state index is -0.153. The number of hydrogen-bond acceptors (Lipinski definition) is 2. The highest BCUT2D eigenvalue weighted by molar-refractivity contribution is 5.79. The van der Waals surface area contributed by atoms with Crippen LogP contribution in [0.25, 0.3) is 0 Å². The van der Waals surface area contributed by atoms with E-state index in [9.17, 15) is 4.79 Å². The van der Waals surface area contributed by atoms with Crippen LogP contribution < -0.4 is 5.32 Å². The highest BCUT2D eigenvalue weighted by Crippen LogP contribution is 2.25. The molecule has 1 N–H and O–H groups in total. The standard InChI is InChI=1S/C12H19N3O/c1-8(12(16)13-3)15-9(2)14-10-6-4-5-7-11(10)15/h8H,4-7H2,1-3H3,(H,13,16). The quantitative estimate of drug-likeness (QED) is 0.820. The van der Waals surface area contributed by atoms with Crippen LogP contribution in [0.4, 0.5) is 0 Å². The fraction of sp³-hybridized carbons (Fsp3) is 0.667. The Balaban J connectivity index is 2.39. The molecule has 0 bridgehead atoms. The summed E-state index contributed by atoms with van der Waals surface area (Å²) in [6, 6.07) is -0.153. The van der Waals surface area contributed by atoms with Gasteiger partial charge in [-0.05, 0) is 39.5 Å². The lowest BCUT2D eigenvalue weighted by Crippen LogP contribution is -2.29. The van der Waals surface area contributed by atoms with Crippen LogP contribution >= 0.6 is 0 Å². The van der Waals surface area contributed by atoms with Crippen LogP contribution in [0.1, 0.15) is 43.0 Å². The maximum Gasteiger partial charge on any atom is 0.242 e. The van der Waals surface area contributed by atoms with Crippen molar-refractivity contribution in [2.75, 3.05) is 7.05 Å². The van der Waals surface area contributed by atoms with Crippen molar-refractivity contribution < 1.29 is 4.79 Å². The first-order valence-corrected chi connectivity index (χ1v) is 5.93. The molecule has 0 aromatic carbocycles. The van der Waals surface area contributed by atoms with Gasteiger partial charge in [0, 0.05) is 12.7 Å². The van der Waals surface area contributed by atoms with Gasteiger partial charge in [0.25, 0.3) is 0 Å². The zero-order valence-corrected chi connectivity index (χ0v) is 10.2. The lowest BCUT2D eigenvalue weighted by atomic mass is 10.0. The second kappa shape index (κ2) is 4.28. The first-order chi connectivity index (χ1) is 7.65. The van der Waals surface area contributed by atoms with Gasteiger partial charge in [0.2, 0.25) is 5.91 Å². The van der Waals surface area contributed by atoms with Gasteiger partial charge in [0.1, 0.15) is 11.9 Å². The molecule has 4 heteroatoms. The second-order valence-corrected chi connectivity index (χ2v) is 4.42. The lowest BCUT2D eigenvalue weighted by molar-refractivity contribution is -0.123. The summed E-state index contributed by atoms with van der Waals surface area (Å²) in [4.78, 5) is 16.3. The average Bonchev–Trinajstić information content (AvgIpc) is 2.63. The molecule has 2 rings (SSSR count). The number of likely N-dealkylation sites (N-methyl/N-ethyl adjacent to an activating group) is 1. The number of aromatic nitrogens is 2. The predicted octanol–water partition coefficient (Wildman–Crippen LogP) is 1.38. The number of hydrogen-bond donors (Lipinski definition) is 1. The Hall–Kier alpha value is -1.32. The van der Waals surface area contributed by atoms with Gasteiger partial charge in [0.15, 0.2) is 0 Å². The van der Waals surface area contributed by atoms with E-state index in [0.29, 0.717) is 0 Å². The third kappa shape index (κ3) is 1.72. The summed E-state index contributed by atoms with van der Waals surface area (Å²) < 4.78 is 2.09. The summed E-state index contributed by atoms with van der Waals surface area (Å²) in [5, 5.41) is 2.70. The van der Waals surface area contributed by atoms with Crippen LogP contribution in [0.3, 0.4) is 0 Å². The number of fused-ring (bicyclic) bond motifs is 1. The first-order valence-electron chi connectivity index (χ1n) is 5.93. The van der Waals surface area contributed by atoms with E-state index in [0.717, 1.165) is 18.7 Å². The molecule has 1 aromatic heterocycles. The summed E-state index contributed by atoms with van der Waals surface area (Å²) in [6.07, 6.45) is 4.54. The molecule has 1 aromatic rings. The van der Waals surface area contributed by atoms with E-state index in [1.165, 1.54) is 24.2 Å². The van der Waals surface area contributed by atoms with Crippen molar-refractivity contribution in [3.63, 3.8) is 0 Å². The van der Waals surface area contributed by atoms with Crippen molar-refractivity contribution in [2.45, 2.75) is 45.6 Å². The van der Waals surface area contributed by atoms with Crippen LogP contribution in [-0.4, -0.2) is 22.5 Å². The fourth-order valence-electron chi connectivity index (χ4n) is 2.54. The van der Waals surface area contributed by atoms with Crippen LogP contribution in [-0.2, 0) is 17.6 Å². The monoisotopic (exact) mass is 221 g/mol. The number of carbonyl (C=O) groups excluding carboxylic acids is 1. The molecule has 16 heavy (non-hydrogen) atoms. The third-order valence-corrected chi connectivity index (χ3v) is 3.36. The minimum absolute atomic E-state index is 0.0499. The third-order valence-electron chi connectivity index (χ3n) is 3.36. The van der Waals surface area contributed by atoms with Gasteiger partial charge in [0.05, 0.1) is 5.69 Å². The number of nitrogens with one attached hydrogen (secondary N) is 1. The highest BCUT2D eigenvalue weighted by Gasteiger charge is 2.23. The van der Waals surface area contributed by atoms with Crippen molar-refractivity contribution in [1.82, 2.24) is 14.9 Å². The number of amides is 1. The molecule has 1 unspecified atom stereocenters. The van der Waals surface area contributed by atoms with Crippen LogP contribution in [0.15, 0.2) is 0 Å². The van der Waals surface area contributed by atoms with Gasteiger partial charge in [-0.3, -0.25) is 4.79 Å². The van der Waals surface area contributed by atoms with Crippen molar-refractivity contribution in [1.29, 1.82) is 0 Å². The molecular formula is C12H19N3O. The number of nitrogens with zero attached hydrogens (tertiary/aromatic N) is 2. The number of aryl methyl sites for hydroxylation is 2. The molecule has 1 heterocycles. The molecule has 1 aliphatic rings. The largest absolute Gasteiger partial charge is 0.357 e. The maximum atomic E-state index is 11.7. The summed E-state index contributed by atoms with van der Waals surface area (Å²) in [6.45, 7) is 3.92. The Bertz CT molecular complexity index is 409. The van der Waals surface area contributed by atoms with E-state index in [1.54, 1.807) is 7.05 Å². The zero-order chi connectivity index (χ0) is 11.7. The molecule has 4 nitrogen and oxygen atoms in total. The molecule has 0 radical (unpaired) electrons. The molecule has 0 aliphatic heterocycles. The SMILES string of the molecule is CNC(=O)C(C)n1c(C)nc2c1CCCC2. The van der Waals surface area contributed by atoms with Crippen molar-refractivity contribution in [3.05, 3.63) is 17.2 Å². The minimum Gasteiger partial charge on any atom is -0.357 e. The number of imidazole rings is 1. The van der Waals surface area contributed by atoms with Crippen molar-refractivity contribution in [2.24, 2.45) is 0 Å². The second-order valence-electron chi connectivity index (χ2n) is 4.42. The maximum absolute atomic E-state index is 11.7. The van der Waals surface area contributed by atoms with Crippen molar-refractivity contribution >= 4 is 5.91 Å². The van der Waals surface area contributed by atoms with Crippen molar-refractivity contribution in [3.8, 4) is 0 Å². The van der Waals surface area contributed by atoms with Gasteiger partial charge < -0.3 is 9.88 Å². The Morgan fingerprint density at radius 1 is 1.44 bits per heavy atom. The van der Waals surface area contributed by atoms with Gasteiger partial charge in [-0.1, -0.05) is 0 Å². The summed E-state index contributed by atoms with van der Waals surface area (Å²) in [5.41, 5.74) is 2.46. The highest BCUT2D eigenvalue weighted by atomic mass is 16.2. The van der Waals surface area contributed by atoms with Gasteiger partial charge in [-0.25, -0.2) is 4.98 Å². The topological polar surface area (TPSA) is 46.9 Å². The smallest absolute Gasteiger partial charge is 0.242 e. The summed E-state index contributed by atoms with van der Waals surface area (Å²) >= 11 is 0. The normalized spacial score (nSPS) is 16.7. The Labute approximate surface area is 96.1 Å². The predicted molar refractivity (Wildman–Crippen MR) is 62.4 cm³/mol. The summed E-state index contributed by atoms with van der Waals surface area (Å²) in [7, 11) is 1.68.